The Hall–Kier alpha value is -2.58. The molecule has 0 amide bonds. The monoisotopic (exact) mass is 580 g/mol. The van der Waals surface area contributed by atoms with E-state index >= 15 is 0 Å². The molecule has 1 heterocycles. The first-order valence-corrected chi connectivity index (χ1v) is 13.3. The zero-order chi connectivity index (χ0) is 26.7. The molecule has 4 aromatic rings. The molecule has 1 aromatic heterocycles. The molecule has 10 heteroatoms. The maximum absolute atomic E-state index is 14.4. The summed E-state index contributed by atoms with van der Waals surface area (Å²) < 4.78 is 34.8. The van der Waals surface area contributed by atoms with Crippen LogP contribution in [0.2, 0.25) is 15.1 Å². The van der Waals surface area contributed by atoms with E-state index in [2.05, 4.69) is 4.98 Å². The van der Waals surface area contributed by atoms with Crippen LogP contribution in [-0.4, -0.2) is 15.5 Å². The van der Waals surface area contributed by atoms with E-state index in [4.69, 9.17) is 39.5 Å². The number of thioether (sulfide) groups is 1. The summed E-state index contributed by atoms with van der Waals surface area (Å²) in [6, 6.07) is 14.0. The molecule has 0 radical (unpaired) electrons. The molecule has 0 aliphatic rings. The molecule has 0 bridgehead atoms. The largest absolute Gasteiger partial charge is 0.424 e. The number of nitrogens with zero attached hydrogens (tertiary/aromatic N) is 2. The van der Waals surface area contributed by atoms with Gasteiger partial charge in [-0.1, -0.05) is 65.6 Å². The summed E-state index contributed by atoms with van der Waals surface area (Å²) in [5, 5.41) is 1.87. The highest BCUT2D eigenvalue weighted by Crippen LogP contribution is 2.34. The summed E-state index contributed by atoms with van der Waals surface area (Å²) in [7, 11) is 0. The van der Waals surface area contributed by atoms with Crippen LogP contribution < -0.4 is 4.74 Å². The van der Waals surface area contributed by atoms with Gasteiger partial charge in [0.15, 0.2) is 16.7 Å². The number of aromatic nitrogens is 2. The highest BCUT2D eigenvalue weighted by molar-refractivity contribution is 7.98. The van der Waals surface area contributed by atoms with Crippen LogP contribution in [0.3, 0.4) is 0 Å². The maximum atomic E-state index is 14.4. The lowest BCUT2D eigenvalue weighted by molar-refractivity contribution is -0.132. The third-order valence-corrected chi connectivity index (χ3v) is 7.68. The predicted octanol–water partition coefficient (Wildman–Crippen LogP) is 8.67. The van der Waals surface area contributed by atoms with Crippen LogP contribution in [0.1, 0.15) is 36.6 Å². The van der Waals surface area contributed by atoms with Crippen molar-refractivity contribution in [2.45, 2.75) is 37.1 Å². The fourth-order valence-electron chi connectivity index (χ4n) is 3.83. The number of halogens is 5. The standard InChI is InChI=1S/C27H21Cl3F2N2O2S/c1-15(9-17-3-7-21(28)23(30)10-17)25-13-33-27(37-14-18-4-5-19(31)11-22(18)29)34(25)20-6-8-24(32)26(12-20)36-16(2)35/h3-8,10-13,15H,9,14H2,1-2H3. The van der Waals surface area contributed by atoms with Crippen molar-refractivity contribution in [2.24, 2.45) is 0 Å². The Morgan fingerprint density at radius 3 is 2.51 bits per heavy atom. The number of carbonyl (C=O) groups excluding carboxylic acids is 1. The lowest BCUT2D eigenvalue weighted by Crippen LogP contribution is -2.09. The van der Waals surface area contributed by atoms with Crippen molar-refractivity contribution in [3.05, 3.63) is 104 Å². The Kier molecular flexibility index (Phi) is 8.80. The SMILES string of the molecule is CC(=O)Oc1cc(-n2c(C(C)Cc3ccc(Cl)c(Cl)c3)cnc2SCc2ccc(F)cc2Cl)ccc1F. The second-order valence-corrected chi connectivity index (χ2v) is 10.6. The molecule has 4 rings (SSSR count). The second kappa shape index (κ2) is 11.9. The fourth-order valence-corrected chi connectivity index (χ4v) is 5.46. The van der Waals surface area contributed by atoms with E-state index < -0.39 is 17.6 Å². The van der Waals surface area contributed by atoms with Crippen molar-refractivity contribution < 1.29 is 18.3 Å². The Morgan fingerprint density at radius 2 is 1.81 bits per heavy atom. The average Bonchev–Trinajstić information content (AvgIpc) is 3.26. The van der Waals surface area contributed by atoms with Gasteiger partial charge in [-0.25, -0.2) is 13.8 Å². The van der Waals surface area contributed by atoms with E-state index in [1.54, 1.807) is 24.4 Å². The summed E-state index contributed by atoms with van der Waals surface area (Å²) in [5.74, 6) is -1.49. The van der Waals surface area contributed by atoms with Crippen LogP contribution in [-0.2, 0) is 17.0 Å². The number of rotatable bonds is 8. The van der Waals surface area contributed by atoms with Crippen molar-refractivity contribution >= 4 is 52.5 Å². The number of imidazole rings is 1. The molecule has 4 nitrogen and oxygen atoms in total. The molecule has 0 aliphatic heterocycles. The normalized spacial score (nSPS) is 12.0. The van der Waals surface area contributed by atoms with Crippen LogP contribution in [0.4, 0.5) is 8.78 Å². The van der Waals surface area contributed by atoms with Gasteiger partial charge in [0, 0.05) is 35.4 Å². The molecule has 192 valence electrons. The fraction of sp³-hybridized carbons (Fsp3) is 0.185. The van der Waals surface area contributed by atoms with Crippen LogP contribution in [0.25, 0.3) is 5.69 Å². The Bertz CT molecular complexity index is 1460. The first-order valence-electron chi connectivity index (χ1n) is 11.2. The first kappa shape index (κ1) is 27.5. The van der Waals surface area contributed by atoms with E-state index in [1.807, 2.05) is 23.6 Å². The summed E-state index contributed by atoms with van der Waals surface area (Å²) in [5.41, 5.74) is 3.15. The molecule has 0 N–H and O–H groups in total. The number of benzene rings is 3. The summed E-state index contributed by atoms with van der Waals surface area (Å²) in [6.07, 6.45) is 2.39. The number of esters is 1. The minimum atomic E-state index is -0.656. The van der Waals surface area contributed by atoms with Crippen molar-refractivity contribution in [1.82, 2.24) is 9.55 Å². The van der Waals surface area contributed by atoms with Gasteiger partial charge in [0.05, 0.1) is 21.9 Å². The molecular formula is C27H21Cl3F2N2O2S. The summed E-state index contributed by atoms with van der Waals surface area (Å²) in [6.45, 7) is 3.25. The highest BCUT2D eigenvalue weighted by atomic mass is 35.5. The van der Waals surface area contributed by atoms with Crippen LogP contribution in [0, 0.1) is 11.6 Å². The average molecular weight is 582 g/mol. The summed E-state index contributed by atoms with van der Waals surface area (Å²) in [4.78, 5) is 16.1. The molecule has 0 saturated heterocycles. The molecule has 1 unspecified atom stereocenters. The van der Waals surface area contributed by atoms with Crippen LogP contribution in [0.15, 0.2) is 66.0 Å². The van der Waals surface area contributed by atoms with Gasteiger partial charge in [-0.3, -0.25) is 9.36 Å². The quantitative estimate of drug-likeness (QED) is 0.119. The van der Waals surface area contributed by atoms with Crippen LogP contribution in [0.5, 0.6) is 5.75 Å². The van der Waals surface area contributed by atoms with E-state index in [1.165, 1.54) is 43.0 Å². The Morgan fingerprint density at radius 1 is 1.03 bits per heavy atom. The summed E-state index contributed by atoms with van der Waals surface area (Å²) >= 11 is 19.9. The van der Waals surface area contributed by atoms with Gasteiger partial charge in [-0.05, 0) is 53.9 Å². The minimum Gasteiger partial charge on any atom is -0.424 e. The van der Waals surface area contributed by atoms with Gasteiger partial charge >= 0.3 is 5.97 Å². The van der Waals surface area contributed by atoms with E-state index in [0.717, 1.165) is 16.8 Å². The third kappa shape index (κ3) is 6.65. The molecule has 0 fully saturated rings. The zero-order valence-corrected chi connectivity index (χ0v) is 22.9. The van der Waals surface area contributed by atoms with E-state index in [9.17, 15) is 13.6 Å². The third-order valence-electron chi connectivity index (χ3n) is 5.59. The van der Waals surface area contributed by atoms with E-state index in [0.29, 0.717) is 38.1 Å². The first-order chi connectivity index (χ1) is 17.6. The molecule has 3 aromatic carbocycles. The zero-order valence-electron chi connectivity index (χ0n) is 19.8. The number of hydrogen-bond donors (Lipinski definition) is 0. The predicted molar refractivity (Wildman–Crippen MR) is 144 cm³/mol. The lowest BCUT2D eigenvalue weighted by atomic mass is 9.98. The van der Waals surface area contributed by atoms with Gasteiger partial charge in [-0.15, -0.1) is 0 Å². The lowest BCUT2D eigenvalue weighted by Gasteiger charge is -2.18. The Balaban J connectivity index is 1.72. The number of ether oxygens (including phenoxy) is 1. The van der Waals surface area contributed by atoms with Crippen molar-refractivity contribution in [3.63, 3.8) is 0 Å². The van der Waals surface area contributed by atoms with Gasteiger partial charge in [-0.2, -0.15) is 0 Å². The van der Waals surface area contributed by atoms with Gasteiger partial charge < -0.3 is 4.74 Å². The molecule has 0 saturated carbocycles. The number of carbonyl (C=O) groups is 1. The van der Waals surface area contributed by atoms with Crippen molar-refractivity contribution in [1.29, 1.82) is 0 Å². The van der Waals surface area contributed by atoms with Crippen molar-refractivity contribution in [2.75, 3.05) is 0 Å². The molecule has 37 heavy (non-hydrogen) atoms. The number of hydrogen-bond acceptors (Lipinski definition) is 4. The second-order valence-electron chi connectivity index (χ2n) is 8.39. The minimum absolute atomic E-state index is 0.0317. The molecule has 0 aliphatic carbocycles. The van der Waals surface area contributed by atoms with Crippen molar-refractivity contribution in [3.8, 4) is 11.4 Å². The van der Waals surface area contributed by atoms with Gasteiger partial charge in [0.2, 0.25) is 0 Å². The van der Waals surface area contributed by atoms with E-state index in [-0.39, 0.29) is 11.7 Å². The highest BCUT2D eigenvalue weighted by Gasteiger charge is 2.20. The van der Waals surface area contributed by atoms with Gasteiger partial charge in [0.1, 0.15) is 5.82 Å². The smallest absolute Gasteiger partial charge is 0.308 e. The van der Waals surface area contributed by atoms with Crippen LogP contribution >= 0.6 is 46.6 Å². The molecule has 1 atom stereocenters. The Labute approximate surface area is 232 Å². The molecular weight excluding hydrogens is 561 g/mol. The maximum Gasteiger partial charge on any atom is 0.308 e. The topological polar surface area (TPSA) is 44.1 Å². The molecule has 0 spiro atoms. The van der Waals surface area contributed by atoms with Gasteiger partial charge in [0.25, 0.3) is 0 Å².